The number of methoxy groups -OCH3 is 2. The molecule has 0 aromatic heterocycles. The highest BCUT2D eigenvalue weighted by molar-refractivity contribution is 5.50. The van der Waals surface area contributed by atoms with Gasteiger partial charge in [0.05, 0.1) is 14.2 Å². The molecule has 2 nitrogen and oxygen atoms in total. The van der Waals surface area contributed by atoms with Crippen molar-refractivity contribution in [1.29, 1.82) is 0 Å². The average molecular weight is 465 g/mol. The lowest BCUT2D eigenvalue weighted by atomic mass is 9.76. The van der Waals surface area contributed by atoms with Gasteiger partial charge in [-0.3, -0.25) is 0 Å². The van der Waals surface area contributed by atoms with E-state index in [0.717, 1.165) is 29.0 Å². The Balaban J connectivity index is 1.75. The van der Waals surface area contributed by atoms with Gasteiger partial charge in [0.15, 0.2) is 0 Å². The van der Waals surface area contributed by atoms with Gasteiger partial charge in [0.25, 0.3) is 0 Å². The Hall–Kier alpha value is -3.52. The van der Waals surface area contributed by atoms with Crippen LogP contribution in [0.25, 0.3) is 0 Å². The number of hydrogen-bond acceptors (Lipinski definition) is 2. The second kappa shape index (κ2) is 10.00. The number of ether oxygens (including phenoxy) is 2. The van der Waals surface area contributed by atoms with Crippen molar-refractivity contribution >= 4 is 0 Å². The fourth-order valence-electron chi connectivity index (χ4n) is 4.86. The van der Waals surface area contributed by atoms with Gasteiger partial charge in [-0.05, 0) is 45.5 Å². The van der Waals surface area contributed by atoms with E-state index in [0.29, 0.717) is 0 Å². The zero-order valence-corrected chi connectivity index (χ0v) is 21.8. The summed E-state index contributed by atoms with van der Waals surface area (Å²) in [6.07, 6.45) is 0.726. The predicted molar refractivity (Wildman–Crippen MR) is 146 cm³/mol. The van der Waals surface area contributed by atoms with Crippen LogP contribution in [0, 0.1) is 0 Å². The predicted octanol–water partition coefficient (Wildman–Crippen LogP) is 7.95. The maximum atomic E-state index is 5.79. The van der Waals surface area contributed by atoms with Crippen molar-refractivity contribution in [3.05, 3.63) is 130 Å². The quantitative estimate of drug-likeness (QED) is 0.263. The molecular weight excluding hydrogens is 428 g/mol. The molecule has 0 atom stereocenters. The second-order valence-electron chi connectivity index (χ2n) is 10.2. The molecule has 4 rings (SSSR count). The van der Waals surface area contributed by atoms with Crippen LogP contribution in [0.4, 0.5) is 0 Å². The van der Waals surface area contributed by atoms with Gasteiger partial charge < -0.3 is 9.47 Å². The van der Waals surface area contributed by atoms with E-state index < -0.39 is 0 Å². The first-order valence-electron chi connectivity index (χ1n) is 12.2. The Labute approximate surface area is 210 Å². The molecule has 0 spiro atoms. The van der Waals surface area contributed by atoms with Gasteiger partial charge in [0.2, 0.25) is 0 Å². The molecule has 0 aliphatic heterocycles. The molecule has 4 aromatic carbocycles. The lowest BCUT2D eigenvalue weighted by Gasteiger charge is -2.28. The van der Waals surface area contributed by atoms with Gasteiger partial charge in [-0.1, -0.05) is 113 Å². The van der Waals surface area contributed by atoms with E-state index in [9.17, 15) is 0 Å². The standard InChI is InChI=1S/C33H36O2/c1-32(2,26-13-9-7-10-14-26)28-17-19-30(34-5)24(22-28)21-25-23-29(18-20-31(25)35-6)33(3,4)27-15-11-8-12-16-27/h7-20,22-23H,21H2,1-6H3. The fourth-order valence-corrected chi connectivity index (χ4v) is 4.86. The van der Waals surface area contributed by atoms with Gasteiger partial charge >= 0.3 is 0 Å². The summed E-state index contributed by atoms with van der Waals surface area (Å²) < 4.78 is 11.6. The fraction of sp³-hybridized carbons (Fsp3) is 0.273. The van der Waals surface area contributed by atoms with E-state index in [1.54, 1.807) is 14.2 Å². The summed E-state index contributed by atoms with van der Waals surface area (Å²) in [5.41, 5.74) is 7.18. The van der Waals surface area contributed by atoms with E-state index in [-0.39, 0.29) is 10.8 Å². The molecule has 0 saturated carbocycles. The highest BCUT2D eigenvalue weighted by atomic mass is 16.5. The lowest BCUT2D eigenvalue weighted by molar-refractivity contribution is 0.404. The molecule has 0 unspecified atom stereocenters. The third-order valence-corrected chi connectivity index (χ3v) is 7.38. The number of rotatable bonds is 8. The van der Waals surface area contributed by atoms with Crippen LogP contribution in [-0.2, 0) is 17.3 Å². The zero-order valence-electron chi connectivity index (χ0n) is 21.8. The van der Waals surface area contributed by atoms with Crippen molar-refractivity contribution < 1.29 is 9.47 Å². The minimum Gasteiger partial charge on any atom is -0.496 e. The summed E-state index contributed by atoms with van der Waals surface area (Å²) in [6, 6.07) is 34.5. The Morgan fingerprint density at radius 3 is 1.20 bits per heavy atom. The maximum absolute atomic E-state index is 5.79. The molecule has 0 saturated heterocycles. The third kappa shape index (κ3) is 4.98. The van der Waals surface area contributed by atoms with Crippen molar-refractivity contribution in [2.24, 2.45) is 0 Å². The van der Waals surface area contributed by atoms with Crippen molar-refractivity contribution in [2.75, 3.05) is 14.2 Å². The Kier molecular flexibility index (Phi) is 7.03. The first kappa shape index (κ1) is 24.6. The first-order valence-corrected chi connectivity index (χ1v) is 12.2. The van der Waals surface area contributed by atoms with Crippen LogP contribution in [-0.4, -0.2) is 14.2 Å². The van der Waals surface area contributed by atoms with Crippen LogP contribution in [0.5, 0.6) is 11.5 Å². The summed E-state index contributed by atoms with van der Waals surface area (Å²) in [5, 5.41) is 0. The van der Waals surface area contributed by atoms with Gasteiger partial charge in [-0.15, -0.1) is 0 Å². The molecule has 0 amide bonds. The van der Waals surface area contributed by atoms with Crippen molar-refractivity contribution in [3.8, 4) is 11.5 Å². The summed E-state index contributed by atoms with van der Waals surface area (Å²) in [6.45, 7) is 9.10. The minimum absolute atomic E-state index is 0.122. The molecule has 180 valence electrons. The monoisotopic (exact) mass is 464 g/mol. The zero-order chi connectivity index (χ0) is 25.1. The van der Waals surface area contributed by atoms with Crippen molar-refractivity contribution in [2.45, 2.75) is 44.9 Å². The van der Waals surface area contributed by atoms with Crippen LogP contribution < -0.4 is 9.47 Å². The van der Waals surface area contributed by atoms with Crippen LogP contribution in [0.3, 0.4) is 0 Å². The average Bonchev–Trinajstić information content (AvgIpc) is 2.89. The van der Waals surface area contributed by atoms with Crippen LogP contribution in [0.15, 0.2) is 97.1 Å². The summed E-state index contributed by atoms with van der Waals surface area (Å²) in [4.78, 5) is 0. The number of benzene rings is 4. The molecule has 35 heavy (non-hydrogen) atoms. The summed E-state index contributed by atoms with van der Waals surface area (Å²) >= 11 is 0. The minimum atomic E-state index is -0.122. The highest BCUT2D eigenvalue weighted by Gasteiger charge is 2.26. The normalized spacial score (nSPS) is 11.8. The second-order valence-corrected chi connectivity index (χ2v) is 10.2. The smallest absolute Gasteiger partial charge is 0.122 e. The highest BCUT2D eigenvalue weighted by Crippen LogP contribution is 2.38. The van der Waals surface area contributed by atoms with E-state index in [1.165, 1.54) is 22.3 Å². The van der Waals surface area contributed by atoms with Gasteiger partial charge in [-0.2, -0.15) is 0 Å². The molecule has 2 heteroatoms. The molecule has 0 heterocycles. The van der Waals surface area contributed by atoms with Gasteiger partial charge in [-0.25, -0.2) is 0 Å². The summed E-state index contributed by atoms with van der Waals surface area (Å²) in [5.74, 6) is 1.79. The molecule has 0 aliphatic rings. The molecule has 0 radical (unpaired) electrons. The van der Waals surface area contributed by atoms with Crippen LogP contribution in [0.1, 0.15) is 61.1 Å². The first-order chi connectivity index (χ1) is 16.8. The molecule has 0 aliphatic carbocycles. The maximum Gasteiger partial charge on any atom is 0.122 e. The molecule has 0 fully saturated rings. The van der Waals surface area contributed by atoms with Gasteiger partial charge in [0, 0.05) is 17.3 Å². The molecule has 0 N–H and O–H groups in total. The lowest BCUT2D eigenvalue weighted by Crippen LogP contribution is -2.19. The third-order valence-electron chi connectivity index (χ3n) is 7.38. The SMILES string of the molecule is COc1ccc(C(C)(C)c2ccccc2)cc1Cc1cc(C(C)(C)c2ccccc2)ccc1OC. The largest absolute Gasteiger partial charge is 0.496 e. The van der Waals surface area contributed by atoms with E-state index in [4.69, 9.17) is 9.47 Å². The van der Waals surface area contributed by atoms with Crippen molar-refractivity contribution in [3.63, 3.8) is 0 Å². The van der Waals surface area contributed by atoms with Crippen LogP contribution >= 0.6 is 0 Å². The topological polar surface area (TPSA) is 18.5 Å². The van der Waals surface area contributed by atoms with E-state index in [1.807, 2.05) is 0 Å². The Morgan fingerprint density at radius 2 is 0.857 bits per heavy atom. The van der Waals surface area contributed by atoms with Gasteiger partial charge in [0.1, 0.15) is 11.5 Å². The molecular formula is C33H36O2. The van der Waals surface area contributed by atoms with Crippen molar-refractivity contribution in [1.82, 2.24) is 0 Å². The Bertz CT molecular complexity index is 1170. The van der Waals surface area contributed by atoms with E-state index >= 15 is 0 Å². The molecule has 0 bridgehead atoms. The summed E-state index contributed by atoms with van der Waals surface area (Å²) in [7, 11) is 3.49. The van der Waals surface area contributed by atoms with E-state index in [2.05, 4.69) is 125 Å². The number of hydrogen-bond donors (Lipinski definition) is 0. The van der Waals surface area contributed by atoms with Crippen LogP contribution in [0.2, 0.25) is 0 Å². The molecule has 4 aromatic rings. The Morgan fingerprint density at radius 1 is 0.486 bits per heavy atom.